The van der Waals surface area contributed by atoms with E-state index in [1.807, 2.05) is 0 Å². The summed E-state index contributed by atoms with van der Waals surface area (Å²) < 4.78 is 27.4. The minimum absolute atomic E-state index is 0.0275. The van der Waals surface area contributed by atoms with Crippen molar-refractivity contribution in [1.29, 1.82) is 0 Å². The maximum atomic E-state index is 12.2. The van der Waals surface area contributed by atoms with Crippen molar-refractivity contribution in [3.05, 3.63) is 22.7 Å². The molecule has 1 aromatic rings. The standard InChI is InChI=1S/C11H14BrN3O3S/c12-7-3-4-8(13)10(6-7)19(17,18)15-9-2-1-5-14-11(9)16/h3-4,6,9,15H,1-2,5,13H2,(H,14,16). The fourth-order valence-electron chi connectivity index (χ4n) is 1.88. The molecule has 1 aliphatic rings. The van der Waals surface area contributed by atoms with Crippen molar-refractivity contribution in [3.63, 3.8) is 0 Å². The van der Waals surface area contributed by atoms with Gasteiger partial charge in [-0.15, -0.1) is 0 Å². The lowest BCUT2D eigenvalue weighted by atomic mass is 10.1. The number of hydrogen-bond donors (Lipinski definition) is 3. The largest absolute Gasteiger partial charge is 0.398 e. The summed E-state index contributed by atoms with van der Waals surface area (Å²) >= 11 is 3.20. The third-order valence-electron chi connectivity index (χ3n) is 2.85. The molecule has 1 heterocycles. The van der Waals surface area contributed by atoms with Crippen molar-refractivity contribution in [3.8, 4) is 0 Å². The first kappa shape index (κ1) is 14.3. The van der Waals surface area contributed by atoms with E-state index in [0.29, 0.717) is 17.4 Å². The first-order valence-electron chi connectivity index (χ1n) is 5.75. The lowest BCUT2D eigenvalue weighted by Crippen LogP contribution is -2.50. The molecule has 0 aromatic heterocycles. The minimum Gasteiger partial charge on any atom is -0.398 e. The highest BCUT2D eigenvalue weighted by Crippen LogP contribution is 2.23. The second-order valence-corrected chi connectivity index (χ2v) is 6.89. The smallest absolute Gasteiger partial charge is 0.243 e. The lowest BCUT2D eigenvalue weighted by molar-refractivity contribution is -0.124. The maximum Gasteiger partial charge on any atom is 0.243 e. The molecule has 0 radical (unpaired) electrons. The zero-order chi connectivity index (χ0) is 14.0. The summed E-state index contributed by atoms with van der Waals surface area (Å²) in [5, 5.41) is 2.63. The van der Waals surface area contributed by atoms with Crippen molar-refractivity contribution in [2.24, 2.45) is 0 Å². The molecule has 1 unspecified atom stereocenters. The van der Waals surface area contributed by atoms with E-state index in [1.165, 1.54) is 12.1 Å². The van der Waals surface area contributed by atoms with Crippen LogP contribution in [0.3, 0.4) is 0 Å². The molecule has 104 valence electrons. The molecule has 0 aliphatic carbocycles. The summed E-state index contributed by atoms with van der Waals surface area (Å²) in [6, 6.07) is 3.83. The number of sulfonamides is 1. The van der Waals surface area contributed by atoms with Gasteiger partial charge in [0.1, 0.15) is 10.9 Å². The number of nitrogens with one attached hydrogen (secondary N) is 2. The van der Waals surface area contributed by atoms with Crippen molar-refractivity contribution in [2.45, 2.75) is 23.8 Å². The quantitative estimate of drug-likeness (QED) is 0.696. The summed E-state index contributed by atoms with van der Waals surface area (Å²) in [6.07, 6.45) is 1.23. The highest BCUT2D eigenvalue weighted by Gasteiger charge is 2.28. The van der Waals surface area contributed by atoms with Crippen LogP contribution in [0.15, 0.2) is 27.6 Å². The Morgan fingerprint density at radius 1 is 1.42 bits per heavy atom. The van der Waals surface area contributed by atoms with E-state index < -0.39 is 16.1 Å². The Balaban J connectivity index is 2.27. The van der Waals surface area contributed by atoms with Crippen molar-refractivity contribution in [1.82, 2.24) is 10.0 Å². The third-order valence-corrected chi connectivity index (χ3v) is 4.87. The van der Waals surface area contributed by atoms with E-state index in [4.69, 9.17) is 5.73 Å². The predicted molar refractivity (Wildman–Crippen MR) is 74.9 cm³/mol. The van der Waals surface area contributed by atoms with E-state index in [2.05, 4.69) is 26.0 Å². The Bertz CT molecular complexity index is 603. The number of carbonyl (C=O) groups excluding carboxylic acids is 1. The molecule has 1 atom stereocenters. The monoisotopic (exact) mass is 347 g/mol. The van der Waals surface area contributed by atoms with Gasteiger partial charge in [0.2, 0.25) is 15.9 Å². The fourth-order valence-corrected chi connectivity index (χ4v) is 3.78. The molecule has 1 aromatic carbocycles. The van der Waals surface area contributed by atoms with Crippen LogP contribution in [0.4, 0.5) is 5.69 Å². The summed E-state index contributed by atoms with van der Waals surface area (Å²) in [5.74, 6) is -0.302. The van der Waals surface area contributed by atoms with Crippen LogP contribution in [0.2, 0.25) is 0 Å². The average Bonchev–Trinajstić information content (AvgIpc) is 2.35. The Labute approximate surface area is 119 Å². The fraction of sp³-hybridized carbons (Fsp3) is 0.364. The molecule has 1 amide bonds. The van der Waals surface area contributed by atoms with Gasteiger partial charge in [0.05, 0.1) is 5.69 Å². The zero-order valence-electron chi connectivity index (χ0n) is 10.0. The van der Waals surface area contributed by atoms with E-state index in [1.54, 1.807) is 6.07 Å². The van der Waals surface area contributed by atoms with E-state index in [-0.39, 0.29) is 16.5 Å². The number of piperidine rings is 1. The average molecular weight is 348 g/mol. The first-order chi connectivity index (χ1) is 8.90. The van der Waals surface area contributed by atoms with Gasteiger partial charge in [-0.2, -0.15) is 4.72 Å². The molecule has 0 bridgehead atoms. The van der Waals surface area contributed by atoms with Gasteiger partial charge in [-0.05, 0) is 31.0 Å². The van der Waals surface area contributed by atoms with Crippen molar-refractivity contribution in [2.75, 3.05) is 12.3 Å². The van der Waals surface area contributed by atoms with Gasteiger partial charge < -0.3 is 11.1 Å². The molecule has 0 spiro atoms. The van der Waals surface area contributed by atoms with E-state index in [9.17, 15) is 13.2 Å². The third kappa shape index (κ3) is 3.26. The highest BCUT2D eigenvalue weighted by molar-refractivity contribution is 9.10. The summed E-state index contributed by atoms with van der Waals surface area (Å²) in [6.45, 7) is 0.579. The first-order valence-corrected chi connectivity index (χ1v) is 8.03. The van der Waals surface area contributed by atoms with Gasteiger partial charge in [0.25, 0.3) is 0 Å². The van der Waals surface area contributed by atoms with Crippen LogP contribution < -0.4 is 15.8 Å². The van der Waals surface area contributed by atoms with E-state index >= 15 is 0 Å². The summed E-state index contributed by atoms with van der Waals surface area (Å²) in [5.41, 5.74) is 5.82. The number of anilines is 1. The number of carbonyl (C=O) groups is 1. The number of nitrogen functional groups attached to an aromatic ring is 1. The van der Waals surface area contributed by atoms with Gasteiger partial charge in [-0.25, -0.2) is 8.42 Å². The Morgan fingerprint density at radius 3 is 2.84 bits per heavy atom. The molecule has 1 aliphatic heterocycles. The maximum absolute atomic E-state index is 12.2. The number of nitrogens with two attached hydrogens (primary N) is 1. The molecule has 8 heteroatoms. The molecular weight excluding hydrogens is 334 g/mol. The van der Waals surface area contributed by atoms with E-state index in [0.717, 1.165) is 6.42 Å². The van der Waals surface area contributed by atoms with Gasteiger partial charge >= 0.3 is 0 Å². The Hall–Kier alpha value is -1.12. The molecule has 2 rings (SSSR count). The highest BCUT2D eigenvalue weighted by atomic mass is 79.9. The topological polar surface area (TPSA) is 101 Å². The predicted octanol–water partition coefficient (Wildman–Crippen LogP) is 0.588. The van der Waals surface area contributed by atoms with Gasteiger partial charge in [-0.3, -0.25) is 4.79 Å². The van der Waals surface area contributed by atoms with Crippen LogP contribution in [0.5, 0.6) is 0 Å². The summed E-state index contributed by atoms with van der Waals surface area (Å²) in [4.78, 5) is 11.5. The number of hydrogen-bond acceptors (Lipinski definition) is 4. The molecule has 4 N–H and O–H groups in total. The van der Waals surface area contributed by atoms with Crippen LogP contribution in [-0.2, 0) is 14.8 Å². The Morgan fingerprint density at radius 2 is 2.16 bits per heavy atom. The van der Waals surface area contributed by atoms with Crippen molar-refractivity contribution < 1.29 is 13.2 Å². The van der Waals surface area contributed by atoms with Crippen LogP contribution >= 0.6 is 15.9 Å². The second-order valence-electron chi connectivity index (χ2n) is 4.29. The normalized spacial score (nSPS) is 20.1. The minimum atomic E-state index is -3.81. The number of benzene rings is 1. The molecule has 1 fully saturated rings. The molecular formula is C11H14BrN3O3S. The molecule has 1 saturated heterocycles. The van der Waals surface area contributed by atoms with Crippen LogP contribution in [0, 0.1) is 0 Å². The molecule has 0 saturated carbocycles. The van der Waals surface area contributed by atoms with Crippen LogP contribution in [0.1, 0.15) is 12.8 Å². The number of halogens is 1. The van der Waals surface area contributed by atoms with Gasteiger partial charge in [0, 0.05) is 11.0 Å². The van der Waals surface area contributed by atoms with Crippen LogP contribution in [-0.4, -0.2) is 26.9 Å². The SMILES string of the molecule is Nc1ccc(Br)cc1S(=O)(=O)NC1CCCNC1=O. The lowest BCUT2D eigenvalue weighted by Gasteiger charge is -2.23. The zero-order valence-corrected chi connectivity index (χ0v) is 12.4. The van der Waals surface area contributed by atoms with Crippen LogP contribution in [0.25, 0.3) is 0 Å². The van der Waals surface area contributed by atoms with Crippen molar-refractivity contribution >= 4 is 37.5 Å². The van der Waals surface area contributed by atoms with Gasteiger partial charge in [0.15, 0.2) is 0 Å². The Kier molecular flexibility index (Phi) is 4.12. The number of amides is 1. The summed E-state index contributed by atoms with van der Waals surface area (Å²) in [7, 11) is -3.81. The van der Waals surface area contributed by atoms with Gasteiger partial charge in [-0.1, -0.05) is 15.9 Å². The number of rotatable bonds is 3. The molecule has 6 nitrogen and oxygen atoms in total. The second kappa shape index (κ2) is 5.48. The molecule has 19 heavy (non-hydrogen) atoms.